The fourth-order valence-electron chi connectivity index (χ4n) is 2.01. The zero-order valence-electron chi connectivity index (χ0n) is 9.96. The smallest absolute Gasteiger partial charge is 0.205 e. The van der Waals surface area contributed by atoms with Gasteiger partial charge < -0.3 is 4.98 Å². The highest BCUT2D eigenvalue weighted by Crippen LogP contribution is 2.32. The van der Waals surface area contributed by atoms with Crippen molar-refractivity contribution in [1.82, 2.24) is 4.98 Å². The SMILES string of the molecule is Cc1cc(C(=O)c2c[nH]c3c(Cl)cccc23)sc1Br. The van der Waals surface area contributed by atoms with Crippen molar-refractivity contribution in [3.8, 4) is 0 Å². The Morgan fingerprint density at radius 1 is 1.42 bits per heavy atom. The minimum Gasteiger partial charge on any atom is -0.359 e. The van der Waals surface area contributed by atoms with Crippen molar-refractivity contribution < 1.29 is 4.79 Å². The van der Waals surface area contributed by atoms with E-state index in [0.29, 0.717) is 10.6 Å². The molecule has 0 spiro atoms. The number of para-hydroxylation sites is 1. The molecular weight excluding hydrogens is 346 g/mol. The summed E-state index contributed by atoms with van der Waals surface area (Å²) in [5, 5.41) is 1.49. The summed E-state index contributed by atoms with van der Waals surface area (Å²) in [5.74, 6) is 0.0207. The summed E-state index contributed by atoms with van der Waals surface area (Å²) in [6, 6.07) is 7.46. The summed E-state index contributed by atoms with van der Waals surface area (Å²) in [4.78, 5) is 16.3. The quantitative estimate of drug-likeness (QED) is 0.632. The van der Waals surface area contributed by atoms with E-state index in [1.165, 1.54) is 11.3 Å². The number of benzene rings is 1. The van der Waals surface area contributed by atoms with Gasteiger partial charge in [0, 0.05) is 17.1 Å². The van der Waals surface area contributed by atoms with Gasteiger partial charge in [0.1, 0.15) is 0 Å². The lowest BCUT2D eigenvalue weighted by Gasteiger charge is -1.97. The van der Waals surface area contributed by atoms with Gasteiger partial charge in [-0.2, -0.15) is 0 Å². The summed E-state index contributed by atoms with van der Waals surface area (Å²) >= 11 is 11.0. The third-order valence-corrected chi connectivity index (χ3v) is 5.44. The predicted octanol–water partition coefficient (Wildman–Crippen LogP) is 5.18. The second-order valence-corrected chi connectivity index (χ2v) is 7.04. The first-order valence-electron chi connectivity index (χ1n) is 5.64. The average Bonchev–Trinajstić information content (AvgIpc) is 2.94. The Kier molecular flexibility index (Phi) is 3.25. The molecule has 5 heteroatoms. The summed E-state index contributed by atoms with van der Waals surface area (Å²) in [6.07, 6.45) is 1.72. The molecule has 3 rings (SSSR count). The van der Waals surface area contributed by atoms with Crippen molar-refractivity contribution in [2.45, 2.75) is 6.92 Å². The Morgan fingerprint density at radius 3 is 2.89 bits per heavy atom. The average molecular weight is 355 g/mol. The molecule has 2 heterocycles. The van der Waals surface area contributed by atoms with Crippen LogP contribution >= 0.6 is 38.9 Å². The fraction of sp³-hybridized carbons (Fsp3) is 0.0714. The molecule has 0 atom stereocenters. The van der Waals surface area contributed by atoms with Crippen LogP contribution in [0.5, 0.6) is 0 Å². The largest absolute Gasteiger partial charge is 0.359 e. The highest BCUT2D eigenvalue weighted by atomic mass is 79.9. The van der Waals surface area contributed by atoms with Gasteiger partial charge in [-0.3, -0.25) is 4.79 Å². The zero-order chi connectivity index (χ0) is 13.6. The second kappa shape index (κ2) is 4.78. The number of carbonyl (C=O) groups is 1. The van der Waals surface area contributed by atoms with Gasteiger partial charge in [-0.25, -0.2) is 0 Å². The van der Waals surface area contributed by atoms with E-state index in [4.69, 9.17) is 11.6 Å². The van der Waals surface area contributed by atoms with Crippen LogP contribution in [0.2, 0.25) is 5.02 Å². The fourth-order valence-corrected chi connectivity index (χ4v) is 3.73. The van der Waals surface area contributed by atoms with Gasteiger partial charge in [0.25, 0.3) is 0 Å². The van der Waals surface area contributed by atoms with Gasteiger partial charge in [-0.05, 0) is 40.5 Å². The predicted molar refractivity (Wildman–Crippen MR) is 83.5 cm³/mol. The first-order valence-corrected chi connectivity index (χ1v) is 7.63. The minimum absolute atomic E-state index is 0.0207. The van der Waals surface area contributed by atoms with Crippen molar-refractivity contribution in [3.05, 3.63) is 55.3 Å². The lowest BCUT2D eigenvalue weighted by molar-refractivity contribution is 0.104. The van der Waals surface area contributed by atoms with E-state index >= 15 is 0 Å². The van der Waals surface area contributed by atoms with Gasteiger partial charge in [0.05, 0.1) is 19.2 Å². The molecule has 2 aromatic heterocycles. The van der Waals surface area contributed by atoms with Gasteiger partial charge in [-0.15, -0.1) is 11.3 Å². The Bertz CT molecular complexity index is 770. The molecule has 0 saturated heterocycles. The van der Waals surface area contributed by atoms with Crippen LogP contribution in [0.3, 0.4) is 0 Å². The number of nitrogens with one attached hydrogen (secondary N) is 1. The maximum Gasteiger partial charge on any atom is 0.205 e. The maximum atomic E-state index is 12.5. The van der Waals surface area contributed by atoms with Crippen molar-refractivity contribution in [1.29, 1.82) is 0 Å². The molecule has 1 N–H and O–H groups in total. The van der Waals surface area contributed by atoms with Crippen molar-refractivity contribution >= 4 is 55.6 Å². The highest BCUT2D eigenvalue weighted by molar-refractivity contribution is 9.11. The normalized spacial score (nSPS) is 11.1. The molecule has 1 aromatic carbocycles. The Labute approximate surface area is 127 Å². The lowest BCUT2D eigenvalue weighted by Crippen LogP contribution is -1.96. The van der Waals surface area contributed by atoms with E-state index in [-0.39, 0.29) is 5.78 Å². The number of ketones is 1. The molecule has 0 fully saturated rings. The molecular formula is C14H9BrClNOS. The van der Waals surface area contributed by atoms with E-state index in [1.54, 1.807) is 12.3 Å². The molecule has 0 amide bonds. The second-order valence-electron chi connectivity index (χ2n) is 4.26. The Morgan fingerprint density at radius 2 is 2.21 bits per heavy atom. The number of carbonyl (C=O) groups excluding carboxylic acids is 1. The molecule has 0 aliphatic rings. The molecule has 0 aliphatic carbocycles. The van der Waals surface area contributed by atoms with Crippen LogP contribution in [-0.2, 0) is 0 Å². The molecule has 3 aromatic rings. The molecule has 19 heavy (non-hydrogen) atoms. The third kappa shape index (κ3) is 2.14. The number of aromatic nitrogens is 1. The number of H-pyrrole nitrogens is 1. The minimum atomic E-state index is 0.0207. The summed E-state index contributed by atoms with van der Waals surface area (Å²) in [5.41, 5.74) is 2.54. The van der Waals surface area contributed by atoms with Crippen LogP contribution in [0.4, 0.5) is 0 Å². The van der Waals surface area contributed by atoms with Crippen molar-refractivity contribution in [3.63, 3.8) is 0 Å². The van der Waals surface area contributed by atoms with E-state index in [9.17, 15) is 4.79 Å². The van der Waals surface area contributed by atoms with Crippen LogP contribution in [-0.4, -0.2) is 10.8 Å². The maximum absolute atomic E-state index is 12.5. The van der Waals surface area contributed by atoms with Crippen LogP contribution < -0.4 is 0 Å². The number of halogens is 2. The number of hydrogen-bond donors (Lipinski definition) is 1. The molecule has 2 nitrogen and oxygen atoms in total. The number of rotatable bonds is 2. The van der Waals surface area contributed by atoms with Crippen molar-refractivity contribution in [2.24, 2.45) is 0 Å². The van der Waals surface area contributed by atoms with Gasteiger partial charge in [0.15, 0.2) is 0 Å². The molecule has 0 aliphatic heterocycles. The Balaban J connectivity index is 2.14. The Hall–Kier alpha value is -1.10. The first kappa shape index (κ1) is 12.9. The number of aromatic amines is 1. The summed E-state index contributed by atoms with van der Waals surface area (Å²) in [7, 11) is 0. The third-order valence-electron chi connectivity index (χ3n) is 2.99. The standard InChI is InChI=1S/C14H9BrClNOS/c1-7-5-11(19-14(7)15)13(18)9-6-17-12-8(9)3-2-4-10(12)16/h2-6,17H,1H3. The van der Waals surface area contributed by atoms with E-state index in [1.807, 2.05) is 25.1 Å². The van der Waals surface area contributed by atoms with Crippen LogP contribution in [0.1, 0.15) is 20.8 Å². The lowest BCUT2D eigenvalue weighted by atomic mass is 10.1. The highest BCUT2D eigenvalue weighted by Gasteiger charge is 2.17. The van der Waals surface area contributed by atoms with Crippen molar-refractivity contribution in [2.75, 3.05) is 0 Å². The summed E-state index contributed by atoms with van der Waals surface area (Å²) < 4.78 is 0.994. The number of aryl methyl sites for hydroxylation is 1. The summed E-state index contributed by atoms with van der Waals surface area (Å²) in [6.45, 7) is 1.98. The number of thiophene rings is 1. The van der Waals surface area contributed by atoms with E-state index in [0.717, 1.165) is 25.1 Å². The topological polar surface area (TPSA) is 32.9 Å². The monoisotopic (exact) mass is 353 g/mol. The van der Waals surface area contributed by atoms with Gasteiger partial charge >= 0.3 is 0 Å². The van der Waals surface area contributed by atoms with E-state index in [2.05, 4.69) is 20.9 Å². The molecule has 96 valence electrons. The van der Waals surface area contributed by atoms with Gasteiger partial charge in [0.2, 0.25) is 5.78 Å². The number of fused-ring (bicyclic) bond motifs is 1. The molecule has 0 unspecified atom stereocenters. The molecule has 0 saturated carbocycles. The molecule has 0 bridgehead atoms. The zero-order valence-corrected chi connectivity index (χ0v) is 13.1. The number of hydrogen-bond acceptors (Lipinski definition) is 2. The first-order chi connectivity index (χ1) is 9.08. The van der Waals surface area contributed by atoms with Gasteiger partial charge in [-0.1, -0.05) is 23.7 Å². The van der Waals surface area contributed by atoms with Crippen LogP contribution in [0.15, 0.2) is 34.2 Å². The van der Waals surface area contributed by atoms with Crippen LogP contribution in [0, 0.1) is 6.92 Å². The molecule has 0 radical (unpaired) electrons. The van der Waals surface area contributed by atoms with Crippen LogP contribution in [0.25, 0.3) is 10.9 Å². The van der Waals surface area contributed by atoms with E-state index < -0.39 is 0 Å².